The van der Waals surface area contributed by atoms with Crippen LogP contribution in [-0.4, -0.2) is 50.2 Å². The van der Waals surface area contributed by atoms with E-state index in [0.717, 1.165) is 40.4 Å². The summed E-state index contributed by atoms with van der Waals surface area (Å²) in [6.45, 7) is 6.86. The molecule has 3 aromatic heterocycles. The molecule has 0 saturated heterocycles. The summed E-state index contributed by atoms with van der Waals surface area (Å²) in [5.74, 6) is 2.81. The monoisotopic (exact) mass is 409 g/mol. The predicted octanol–water partition coefficient (Wildman–Crippen LogP) is 2.84. The number of ether oxygens (including phenoxy) is 2. The Labute approximate surface area is 175 Å². The summed E-state index contributed by atoms with van der Waals surface area (Å²) in [5, 5.41) is 13.8. The van der Waals surface area contributed by atoms with Crippen LogP contribution in [0.2, 0.25) is 0 Å². The van der Waals surface area contributed by atoms with Gasteiger partial charge < -0.3 is 14.6 Å². The highest BCUT2D eigenvalue weighted by Crippen LogP contribution is 2.47. The van der Waals surface area contributed by atoms with Crippen molar-refractivity contribution in [2.24, 2.45) is 5.92 Å². The van der Waals surface area contributed by atoms with Crippen LogP contribution in [-0.2, 0) is 6.54 Å². The van der Waals surface area contributed by atoms with E-state index in [4.69, 9.17) is 9.47 Å². The van der Waals surface area contributed by atoms with Crippen LogP contribution in [0.5, 0.6) is 11.6 Å². The lowest BCUT2D eigenvalue weighted by Gasteiger charge is -2.12. The molecule has 158 valence electrons. The Hall–Kier alpha value is -3.00. The van der Waals surface area contributed by atoms with Crippen LogP contribution < -0.4 is 9.47 Å². The number of hydrogen-bond donors (Lipinski definition) is 1. The summed E-state index contributed by atoms with van der Waals surface area (Å²) in [6, 6.07) is 3.96. The zero-order valence-electron chi connectivity index (χ0n) is 17.8. The van der Waals surface area contributed by atoms with Gasteiger partial charge in [0.25, 0.3) is 0 Å². The number of pyridine rings is 1. The number of aliphatic hydroxyl groups is 1. The first-order valence-electron chi connectivity index (χ1n) is 10.1. The van der Waals surface area contributed by atoms with Crippen LogP contribution in [0.4, 0.5) is 0 Å². The molecule has 1 saturated carbocycles. The molecule has 0 unspecified atom stereocenters. The standard InChI is InChI=1S/C22H27N5O3/c1-13-21(14(2)27(26-13)7-8-28)19-11-23-15(3)25-22(19)30-12-16-9-18(16)20-6-5-17(29-4)10-24-20/h5-6,10-11,16,18,28H,7-9,12H2,1-4H3/t16-,18+/m1/s1. The van der Waals surface area contributed by atoms with E-state index in [9.17, 15) is 5.11 Å². The van der Waals surface area contributed by atoms with Gasteiger partial charge in [0.2, 0.25) is 5.88 Å². The van der Waals surface area contributed by atoms with Gasteiger partial charge in [-0.15, -0.1) is 0 Å². The van der Waals surface area contributed by atoms with Gasteiger partial charge >= 0.3 is 0 Å². The third kappa shape index (κ3) is 4.00. The van der Waals surface area contributed by atoms with Gasteiger partial charge in [-0.1, -0.05) is 0 Å². The third-order valence-electron chi connectivity index (χ3n) is 5.57. The predicted molar refractivity (Wildman–Crippen MR) is 112 cm³/mol. The molecule has 1 N–H and O–H groups in total. The second kappa shape index (κ2) is 8.39. The molecule has 4 rings (SSSR count). The second-order valence-corrected chi connectivity index (χ2v) is 7.66. The average molecular weight is 409 g/mol. The smallest absolute Gasteiger partial charge is 0.224 e. The maximum Gasteiger partial charge on any atom is 0.224 e. The van der Waals surface area contributed by atoms with Crippen molar-refractivity contribution in [1.82, 2.24) is 24.7 Å². The first-order chi connectivity index (χ1) is 14.5. The van der Waals surface area contributed by atoms with Gasteiger partial charge in [0.1, 0.15) is 11.6 Å². The Morgan fingerprint density at radius 2 is 2.00 bits per heavy atom. The lowest BCUT2D eigenvalue weighted by atomic mass is 10.1. The molecule has 30 heavy (non-hydrogen) atoms. The molecular formula is C22H27N5O3. The summed E-state index contributed by atoms with van der Waals surface area (Å²) in [7, 11) is 1.64. The number of aromatic nitrogens is 5. The molecule has 2 atom stereocenters. The lowest BCUT2D eigenvalue weighted by Crippen LogP contribution is -2.07. The van der Waals surface area contributed by atoms with Crippen LogP contribution in [0.25, 0.3) is 11.1 Å². The molecule has 8 heteroatoms. The maximum atomic E-state index is 9.28. The fourth-order valence-corrected chi connectivity index (χ4v) is 3.84. The summed E-state index contributed by atoms with van der Waals surface area (Å²) < 4.78 is 13.2. The van der Waals surface area contributed by atoms with Gasteiger partial charge in [-0.25, -0.2) is 4.98 Å². The van der Waals surface area contributed by atoms with Crippen LogP contribution >= 0.6 is 0 Å². The number of rotatable bonds is 8. The summed E-state index contributed by atoms with van der Waals surface area (Å²) >= 11 is 0. The van der Waals surface area contributed by atoms with Gasteiger partial charge in [-0.3, -0.25) is 9.67 Å². The maximum absolute atomic E-state index is 9.28. The molecule has 8 nitrogen and oxygen atoms in total. The van der Waals surface area contributed by atoms with E-state index in [-0.39, 0.29) is 6.61 Å². The third-order valence-corrected chi connectivity index (χ3v) is 5.57. The van der Waals surface area contributed by atoms with E-state index in [1.54, 1.807) is 24.2 Å². The molecule has 0 radical (unpaired) electrons. The minimum Gasteiger partial charge on any atom is -0.495 e. The zero-order chi connectivity index (χ0) is 21.3. The summed E-state index contributed by atoms with van der Waals surface area (Å²) in [5.41, 5.74) is 4.69. The molecule has 0 spiro atoms. The highest BCUT2D eigenvalue weighted by molar-refractivity contribution is 5.72. The van der Waals surface area contributed by atoms with Crippen molar-refractivity contribution in [2.75, 3.05) is 20.3 Å². The zero-order valence-corrected chi connectivity index (χ0v) is 17.8. The second-order valence-electron chi connectivity index (χ2n) is 7.66. The molecule has 0 bridgehead atoms. The van der Waals surface area contributed by atoms with E-state index in [0.29, 0.717) is 36.7 Å². The van der Waals surface area contributed by atoms with Gasteiger partial charge in [0.15, 0.2) is 0 Å². The van der Waals surface area contributed by atoms with Crippen LogP contribution in [0.15, 0.2) is 24.5 Å². The van der Waals surface area contributed by atoms with Crippen molar-refractivity contribution in [2.45, 2.75) is 39.7 Å². The minimum atomic E-state index is 0.0393. The van der Waals surface area contributed by atoms with Crippen molar-refractivity contribution < 1.29 is 14.6 Å². The summed E-state index contributed by atoms with van der Waals surface area (Å²) in [4.78, 5) is 13.4. The number of nitrogens with zero attached hydrogens (tertiary/aromatic N) is 5. The van der Waals surface area contributed by atoms with E-state index in [1.165, 1.54) is 0 Å². The fourth-order valence-electron chi connectivity index (χ4n) is 3.84. The first-order valence-corrected chi connectivity index (χ1v) is 10.1. The molecule has 0 amide bonds. The van der Waals surface area contributed by atoms with Crippen molar-refractivity contribution in [3.63, 3.8) is 0 Å². The first kappa shape index (κ1) is 20.3. The Kier molecular flexibility index (Phi) is 5.67. The number of aryl methyl sites for hydroxylation is 2. The topological polar surface area (TPSA) is 95.2 Å². The molecule has 3 aromatic rings. The Bertz CT molecular complexity index is 1030. The molecular weight excluding hydrogens is 382 g/mol. The fraction of sp³-hybridized carbons (Fsp3) is 0.455. The molecule has 0 aromatic carbocycles. The van der Waals surface area contributed by atoms with E-state index in [1.807, 2.05) is 32.9 Å². The highest BCUT2D eigenvalue weighted by atomic mass is 16.5. The number of aliphatic hydroxyl groups excluding tert-OH is 1. The molecule has 3 heterocycles. The van der Waals surface area contributed by atoms with Crippen LogP contribution in [0, 0.1) is 26.7 Å². The van der Waals surface area contributed by atoms with E-state index in [2.05, 4.69) is 20.1 Å². The van der Waals surface area contributed by atoms with Crippen molar-refractivity contribution in [3.8, 4) is 22.8 Å². The average Bonchev–Trinajstić information content (AvgIpc) is 3.47. The van der Waals surface area contributed by atoms with E-state index >= 15 is 0 Å². The number of methoxy groups -OCH3 is 1. The number of hydrogen-bond acceptors (Lipinski definition) is 7. The van der Waals surface area contributed by atoms with Gasteiger partial charge in [-0.05, 0) is 39.3 Å². The highest BCUT2D eigenvalue weighted by Gasteiger charge is 2.40. The van der Waals surface area contributed by atoms with Crippen LogP contribution in [0.3, 0.4) is 0 Å². The quantitative estimate of drug-likeness (QED) is 0.611. The van der Waals surface area contributed by atoms with Crippen LogP contribution in [0.1, 0.15) is 35.2 Å². The molecule has 1 aliphatic rings. The van der Waals surface area contributed by atoms with Crippen molar-refractivity contribution >= 4 is 0 Å². The molecule has 0 aliphatic heterocycles. The van der Waals surface area contributed by atoms with Gasteiger partial charge in [0, 0.05) is 35.0 Å². The lowest BCUT2D eigenvalue weighted by molar-refractivity contribution is 0.268. The Balaban J connectivity index is 1.51. The normalized spacial score (nSPS) is 17.8. The van der Waals surface area contributed by atoms with Gasteiger partial charge in [-0.2, -0.15) is 10.1 Å². The Morgan fingerprint density at radius 3 is 2.70 bits per heavy atom. The Morgan fingerprint density at radius 1 is 1.17 bits per heavy atom. The molecule has 1 fully saturated rings. The summed E-state index contributed by atoms with van der Waals surface area (Å²) in [6.07, 6.45) is 4.60. The van der Waals surface area contributed by atoms with E-state index < -0.39 is 0 Å². The largest absolute Gasteiger partial charge is 0.495 e. The molecule has 1 aliphatic carbocycles. The van der Waals surface area contributed by atoms with Gasteiger partial charge in [0.05, 0.1) is 44.3 Å². The van der Waals surface area contributed by atoms with Crippen molar-refractivity contribution in [1.29, 1.82) is 0 Å². The van der Waals surface area contributed by atoms with Crippen molar-refractivity contribution in [3.05, 3.63) is 47.4 Å². The SMILES string of the molecule is COc1ccc([C@H]2C[C@@H]2COc2nc(C)ncc2-c2c(C)nn(CCO)c2C)nc1. The minimum absolute atomic E-state index is 0.0393.